The van der Waals surface area contributed by atoms with Crippen molar-refractivity contribution < 1.29 is 45.7 Å². The van der Waals surface area contributed by atoms with E-state index in [4.69, 9.17) is 18.9 Å². The molecule has 1 amide bonds. The minimum atomic E-state index is -4.98. The van der Waals surface area contributed by atoms with E-state index < -0.39 is 60.7 Å². The van der Waals surface area contributed by atoms with Crippen LogP contribution in [-0.2, 0) is 44.4 Å². The van der Waals surface area contributed by atoms with Gasteiger partial charge in [-0.2, -0.15) is 9.10 Å². The molecular formula is C44H49BrN8O10S2. The fraction of sp³-hybridized carbons (Fsp3) is 0.295. The Bertz CT molecular complexity index is 2760. The lowest BCUT2D eigenvalue weighted by atomic mass is 10.0. The minimum absolute atomic E-state index is 0.104. The lowest BCUT2D eigenvalue weighted by molar-refractivity contribution is 0.0519. The molecule has 18 nitrogen and oxygen atoms in total. The standard InChI is InChI=1S/C44H49BrN8O10S2/c1-44(2,3)63-43(55)46-24-32(28-54)50-64(56,57)38-23-22-36(37-8-7-9-39(45)47-37)40(42-48-51-53(49-42)27-31-14-20-35(62-6)21-15-31)41(38)65(58,59)52(25-29-10-16-33(60-4)17-11-29)26-30-12-18-34(61-5)19-13-30/h7-23,32,50,54H,24-28H2,1-6H3,(H,46,55)/t32-/m1/s1. The molecule has 0 saturated carbocycles. The summed E-state index contributed by atoms with van der Waals surface area (Å²) in [7, 11) is -5.33. The molecule has 0 aliphatic carbocycles. The Morgan fingerprint density at radius 2 is 1.35 bits per heavy atom. The first-order chi connectivity index (χ1) is 30.9. The number of hydrogen-bond acceptors (Lipinski definition) is 14. The van der Waals surface area contributed by atoms with Crippen LogP contribution < -0.4 is 24.2 Å². The number of benzene rings is 4. The summed E-state index contributed by atoms with van der Waals surface area (Å²) in [6.07, 6.45) is -0.858. The van der Waals surface area contributed by atoms with Crippen molar-refractivity contribution in [3.05, 3.63) is 124 Å². The summed E-state index contributed by atoms with van der Waals surface area (Å²) in [5, 5.41) is 26.1. The Morgan fingerprint density at radius 3 is 1.86 bits per heavy atom. The smallest absolute Gasteiger partial charge is 0.407 e. The number of nitrogens with zero attached hydrogens (tertiary/aromatic N) is 6. The molecule has 0 saturated heterocycles. The molecule has 0 radical (unpaired) electrons. The van der Waals surface area contributed by atoms with Crippen LogP contribution in [0.1, 0.15) is 37.5 Å². The van der Waals surface area contributed by atoms with Gasteiger partial charge in [-0.05, 0) is 113 Å². The fourth-order valence-electron chi connectivity index (χ4n) is 6.50. The van der Waals surface area contributed by atoms with Crippen LogP contribution in [-0.4, -0.2) is 104 Å². The van der Waals surface area contributed by atoms with Gasteiger partial charge >= 0.3 is 6.09 Å². The van der Waals surface area contributed by atoms with Crippen molar-refractivity contribution in [1.29, 1.82) is 0 Å². The third-order valence-corrected chi connectivity index (χ3v) is 13.6. The van der Waals surface area contributed by atoms with Crippen LogP contribution in [0, 0.1) is 0 Å². The van der Waals surface area contributed by atoms with Crippen molar-refractivity contribution in [3.63, 3.8) is 0 Å². The number of carbonyl (C=O) groups is 1. The Morgan fingerprint density at radius 1 is 0.800 bits per heavy atom. The van der Waals surface area contributed by atoms with E-state index >= 15 is 8.42 Å². The molecule has 0 spiro atoms. The fourth-order valence-corrected chi connectivity index (χ4v) is 10.5. The van der Waals surface area contributed by atoms with Gasteiger partial charge in [0.15, 0.2) is 0 Å². The second-order valence-electron chi connectivity index (χ2n) is 15.5. The van der Waals surface area contributed by atoms with Crippen LogP contribution in [0.5, 0.6) is 17.2 Å². The predicted octanol–water partition coefficient (Wildman–Crippen LogP) is 5.79. The summed E-state index contributed by atoms with van der Waals surface area (Å²) in [4.78, 5) is 17.0. The highest BCUT2D eigenvalue weighted by molar-refractivity contribution is 9.10. The van der Waals surface area contributed by atoms with Crippen molar-refractivity contribution >= 4 is 42.1 Å². The summed E-state index contributed by atoms with van der Waals surface area (Å²) < 4.78 is 86.7. The summed E-state index contributed by atoms with van der Waals surface area (Å²) in [6, 6.07) is 26.9. The van der Waals surface area contributed by atoms with Crippen LogP contribution in [0.25, 0.3) is 22.6 Å². The van der Waals surface area contributed by atoms with Crippen LogP contribution in [0.2, 0.25) is 0 Å². The predicted molar refractivity (Wildman–Crippen MR) is 244 cm³/mol. The van der Waals surface area contributed by atoms with Gasteiger partial charge in [-0.15, -0.1) is 10.2 Å². The Hall–Kier alpha value is -5.97. The molecule has 21 heteroatoms. The Balaban J connectivity index is 1.59. The number of rotatable bonds is 19. The van der Waals surface area contributed by atoms with Crippen molar-refractivity contribution in [2.24, 2.45) is 0 Å². The van der Waals surface area contributed by atoms with Crippen molar-refractivity contribution in [2.75, 3.05) is 34.5 Å². The van der Waals surface area contributed by atoms with E-state index in [1.807, 2.05) is 0 Å². The molecule has 2 aromatic heterocycles. The van der Waals surface area contributed by atoms with Crippen LogP contribution in [0.15, 0.2) is 118 Å². The number of methoxy groups -OCH3 is 3. The molecule has 1 atom stereocenters. The highest BCUT2D eigenvalue weighted by atomic mass is 79.9. The molecule has 65 heavy (non-hydrogen) atoms. The quantitative estimate of drug-likeness (QED) is 0.0817. The van der Waals surface area contributed by atoms with E-state index in [9.17, 15) is 18.3 Å². The number of nitrogens with one attached hydrogen (secondary N) is 2. The summed E-state index contributed by atoms with van der Waals surface area (Å²) in [5.41, 5.74) is 1.19. The van der Waals surface area contributed by atoms with Gasteiger partial charge in [-0.3, -0.25) is 0 Å². The number of pyridine rings is 1. The van der Waals surface area contributed by atoms with Gasteiger partial charge in [0, 0.05) is 25.2 Å². The van der Waals surface area contributed by atoms with Gasteiger partial charge in [0.2, 0.25) is 25.9 Å². The van der Waals surface area contributed by atoms with Gasteiger partial charge < -0.3 is 29.4 Å². The van der Waals surface area contributed by atoms with Gasteiger partial charge in [-0.1, -0.05) is 48.5 Å². The van der Waals surface area contributed by atoms with E-state index in [0.29, 0.717) is 33.0 Å². The molecule has 6 aromatic rings. The third kappa shape index (κ3) is 12.4. The summed E-state index contributed by atoms with van der Waals surface area (Å²) in [6.45, 7) is 3.41. The Kier molecular flexibility index (Phi) is 15.6. The number of sulfonamides is 2. The molecule has 6 rings (SSSR count). The molecule has 344 valence electrons. The molecule has 0 aliphatic heterocycles. The number of hydrogen-bond donors (Lipinski definition) is 3. The Labute approximate surface area is 386 Å². The second-order valence-corrected chi connectivity index (χ2v) is 19.9. The first kappa shape index (κ1) is 48.5. The van der Waals surface area contributed by atoms with Crippen molar-refractivity contribution in [1.82, 2.24) is 39.5 Å². The number of aliphatic hydroxyl groups excluding tert-OH is 1. The lowest BCUT2D eigenvalue weighted by Crippen LogP contribution is -2.47. The molecule has 0 aliphatic rings. The van der Waals surface area contributed by atoms with Crippen LogP contribution >= 0.6 is 15.9 Å². The van der Waals surface area contributed by atoms with Gasteiger partial charge in [0.1, 0.15) is 37.2 Å². The van der Waals surface area contributed by atoms with Gasteiger partial charge in [0.25, 0.3) is 0 Å². The maximum Gasteiger partial charge on any atom is 0.407 e. The SMILES string of the molecule is COc1ccc(CN(Cc2ccc(OC)cc2)S(=O)(=O)c2c(S(=O)(=O)N[C@@H](CO)CNC(=O)OC(C)(C)C)ccc(-c3cccc(Br)n3)c2-c2nnn(Cc3ccc(OC)cc3)n2)cc1. The number of aliphatic hydroxyl groups is 1. The maximum atomic E-state index is 15.9. The molecule has 4 aromatic carbocycles. The van der Waals surface area contributed by atoms with E-state index in [0.717, 1.165) is 15.9 Å². The number of tetrazole rings is 1. The number of amides is 1. The zero-order valence-electron chi connectivity index (χ0n) is 36.4. The molecule has 0 bridgehead atoms. The largest absolute Gasteiger partial charge is 0.497 e. The highest BCUT2D eigenvalue weighted by Crippen LogP contribution is 2.41. The normalized spacial score (nSPS) is 12.4. The molecule has 0 unspecified atom stereocenters. The highest BCUT2D eigenvalue weighted by Gasteiger charge is 2.39. The zero-order chi connectivity index (χ0) is 46.9. The number of carbonyl (C=O) groups excluding carboxylic acids is 1. The molecule has 0 fully saturated rings. The summed E-state index contributed by atoms with van der Waals surface area (Å²) >= 11 is 3.41. The third-order valence-electron chi connectivity index (χ3n) is 9.63. The zero-order valence-corrected chi connectivity index (χ0v) is 39.6. The maximum absolute atomic E-state index is 15.9. The first-order valence-electron chi connectivity index (χ1n) is 20.0. The number of halogens is 1. The molecule has 2 heterocycles. The van der Waals surface area contributed by atoms with E-state index in [2.05, 4.69) is 46.4 Å². The van der Waals surface area contributed by atoms with E-state index in [-0.39, 0.29) is 42.3 Å². The van der Waals surface area contributed by atoms with Crippen LogP contribution in [0.4, 0.5) is 4.79 Å². The monoisotopic (exact) mass is 992 g/mol. The number of ether oxygens (including phenoxy) is 4. The lowest BCUT2D eigenvalue weighted by Gasteiger charge is -2.27. The number of aromatic nitrogens is 5. The first-order valence-corrected chi connectivity index (χ1v) is 23.7. The summed E-state index contributed by atoms with van der Waals surface area (Å²) in [5.74, 6) is 1.48. The second kappa shape index (κ2) is 20.9. The van der Waals surface area contributed by atoms with Crippen molar-refractivity contribution in [3.8, 4) is 39.9 Å². The van der Waals surface area contributed by atoms with E-state index in [1.165, 1.54) is 25.1 Å². The molecule has 3 N–H and O–H groups in total. The topological polar surface area (TPSA) is 226 Å². The van der Waals surface area contributed by atoms with Crippen LogP contribution in [0.3, 0.4) is 0 Å². The molecular weight excluding hydrogens is 945 g/mol. The average Bonchev–Trinajstić information content (AvgIpc) is 3.75. The van der Waals surface area contributed by atoms with Gasteiger partial charge in [0.05, 0.1) is 51.8 Å². The van der Waals surface area contributed by atoms with Gasteiger partial charge in [-0.25, -0.2) is 31.3 Å². The minimum Gasteiger partial charge on any atom is -0.497 e. The average molecular weight is 994 g/mol. The number of alkyl carbamates (subject to hydrolysis) is 1. The van der Waals surface area contributed by atoms with E-state index in [1.54, 1.807) is 119 Å². The van der Waals surface area contributed by atoms with Crippen molar-refractivity contribution in [2.45, 2.75) is 61.8 Å².